The minimum absolute atomic E-state index is 0.0530. The molecule has 1 aliphatic rings. The van der Waals surface area contributed by atoms with Crippen LogP contribution in [0.2, 0.25) is 0 Å². The van der Waals surface area contributed by atoms with Gasteiger partial charge < -0.3 is 9.88 Å². The van der Waals surface area contributed by atoms with E-state index in [0.29, 0.717) is 6.42 Å². The van der Waals surface area contributed by atoms with Gasteiger partial charge in [-0.25, -0.2) is 4.98 Å². The second kappa shape index (κ2) is 3.70. The number of aromatic nitrogens is 2. The Bertz CT molecular complexity index is 618. The van der Waals surface area contributed by atoms with Crippen molar-refractivity contribution in [2.24, 2.45) is 7.05 Å². The van der Waals surface area contributed by atoms with Crippen molar-refractivity contribution in [1.82, 2.24) is 9.55 Å². The molecule has 0 unspecified atom stereocenters. The molecule has 0 saturated carbocycles. The topological polar surface area (TPSA) is 46.9 Å². The molecule has 0 bridgehead atoms. The number of carbonyl (C=O) groups excluding carboxylic acids is 1. The van der Waals surface area contributed by atoms with Crippen LogP contribution in [0.5, 0.6) is 0 Å². The second-order valence-electron chi connectivity index (χ2n) is 4.09. The predicted octanol–water partition coefficient (Wildman–Crippen LogP) is 2.34. The van der Waals surface area contributed by atoms with Crippen LogP contribution in [0.4, 0.5) is 5.69 Å². The van der Waals surface area contributed by atoms with Crippen LogP contribution in [-0.2, 0) is 18.3 Å². The van der Waals surface area contributed by atoms with Crippen molar-refractivity contribution in [1.29, 1.82) is 0 Å². The number of halogens is 1. The Balaban J connectivity index is 2.09. The Hall–Kier alpha value is -1.62. The fourth-order valence-electron chi connectivity index (χ4n) is 1.99. The van der Waals surface area contributed by atoms with Gasteiger partial charge in [0.2, 0.25) is 5.91 Å². The summed E-state index contributed by atoms with van der Waals surface area (Å²) in [5.41, 5.74) is 3.86. The van der Waals surface area contributed by atoms with Gasteiger partial charge in [-0.1, -0.05) is 6.07 Å². The molecule has 0 fully saturated rings. The third-order valence-electron chi connectivity index (χ3n) is 2.87. The molecule has 1 aliphatic heterocycles. The number of nitrogens with zero attached hydrogens (tertiary/aromatic N) is 2. The molecule has 86 valence electrons. The van der Waals surface area contributed by atoms with Crippen LogP contribution in [-0.4, -0.2) is 15.5 Å². The Morgan fingerprint density at radius 2 is 2.29 bits per heavy atom. The van der Waals surface area contributed by atoms with Gasteiger partial charge in [0.25, 0.3) is 0 Å². The van der Waals surface area contributed by atoms with Gasteiger partial charge in [-0.15, -0.1) is 0 Å². The number of hydrogen-bond acceptors (Lipinski definition) is 2. The van der Waals surface area contributed by atoms with Crippen molar-refractivity contribution in [3.8, 4) is 11.3 Å². The summed E-state index contributed by atoms with van der Waals surface area (Å²) in [5.74, 6) is 0.0530. The van der Waals surface area contributed by atoms with E-state index in [-0.39, 0.29) is 5.91 Å². The summed E-state index contributed by atoms with van der Waals surface area (Å²) >= 11 is 3.50. The van der Waals surface area contributed by atoms with Gasteiger partial charge in [0.05, 0.1) is 12.7 Å². The highest BCUT2D eigenvalue weighted by Crippen LogP contribution is 2.31. The number of nitrogens with one attached hydrogen (secondary N) is 1. The van der Waals surface area contributed by atoms with Gasteiger partial charge in [0.15, 0.2) is 0 Å². The van der Waals surface area contributed by atoms with Crippen LogP contribution >= 0.6 is 15.9 Å². The maximum atomic E-state index is 11.3. The minimum atomic E-state index is 0.0530. The summed E-state index contributed by atoms with van der Waals surface area (Å²) in [4.78, 5) is 15.6. The summed E-state index contributed by atoms with van der Waals surface area (Å²) in [6, 6.07) is 5.91. The van der Waals surface area contributed by atoms with Crippen LogP contribution in [0.15, 0.2) is 29.1 Å². The quantitative estimate of drug-likeness (QED) is 0.877. The Kier molecular flexibility index (Phi) is 2.29. The zero-order valence-corrected chi connectivity index (χ0v) is 10.8. The zero-order valence-electron chi connectivity index (χ0n) is 9.20. The number of amides is 1. The maximum Gasteiger partial charge on any atom is 0.228 e. The molecule has 0 spiro atoms. The molecule has 17 heavy (non-hydrogen) atoms. The second-order valence-corrected chi connectivity index (χ2v) is 4.84. The number of benzene rings is 1. The molecule has 0 radical (unpaired) electrons. The number of carbonyl (C=O) groups is 1. The number of fused-ring (bicyclic) bond motifs is 1. The standard InChI is InChI=1S/C12H10BrN3O/c1-16-6-14-11(12(16)13)7-2-3-9-8(4-7)5-10(17)15-9/h2-4,6H,5H2,1H3,(H,15,17). The first-order valence-electron chi connectivity index (χ1n) is 5.25. The molecular weight excluding hydrogens is 282 g/mol. The molecule has 5 heteroatoms. The highest BCUT2D eigenvalue weighted by atomic mass is 79.9. The Labute approximate surface area is 107 Å². The molecule has 2 aromatic rings. The first kappa shape index (κ1) is 10.5. The number of anilines is 1. The first-order valence-corrected chi connectivity index (χ1v) is 6.04. The van der Waals surface area contributed by atoms with E-state index < -0.39 is 0 Å². The van der Waals surface area contributed by atoms with E-state index >= 15 is 0 Å². The summed E-state index contributed by atoms with van der Waals surface area (Å²) < 4.78 is 2.85. The van der Waals surface area contributed by atoms with Gasteiger partial charge in [-0.05, 0) is 33.6 Å². The summed E-state index contributed by atoms with van der Waals surface area (Å²) in [6.45, 7) is 0. The van der Waals surface area contributed by atoms with Crippen LogP contribution < -0.4 is 5.32 Å². The average molecular weight is 292 g/mol. The molecule has 1 aromatic heterocycles. The van der Waals surface area contributed by atoms with Crippen molar-refractivity contribution in [2.75, 3.05) is 5.32 Å². The van der Waals surface area contributed by atoms with E-state index in [1.807, 2.05) is 29.8 Å². The average Bonchev–Trinajstić information content (AvgIpc) is 2.81. The fraction of sp³-hybridized carbons (Fsp3) is 0.167. The van der Waals surface area contributed by atoms with E-state index in [1.165, 1.54) is 0 Å². The molecule has 3 rings (SSSR count). The summed E-state index contributed by atoms with van der Waals surface area (Å²) in [6.07, 6.45) is 2.21. The van der Waals surface area contributed by atoms with E-state index in [9.17, 15) is 4.79 Å². The van der Waals surface area contributed by atoms with Gasteiger partial charge in [-0.2, -0.15) is 0 Å². The van der Waals surface area contributed by atoms with E-state index in [4.69, 9.17) is 0 Å². The van der Waals surface area contributed by atoms with Crippen LogP contribution in [0.1, 0.15) is 5.56 Å². The van der Waals surface area contributed by atoms with Crippen LogP contribution in [0.25, 0.3) is 11.3 Å². The molecule has 0 saturated heterocycles. The first-order chi connectivity index (χ1) is 8.15. The van der Waals surface area contributed by atoms with Crippen molar-refractivity contribution >= 4 is 27.5 Å². The number of imidazole rings is 1. The lowest BCUT2D eigenvalue weighted by Crippen LogP contribution is -2.03. The third kappa shape index (κ3) is 1.67. The van der Waals surface area contributed by atoms with E-state index in [1.54, 1.807) is 6.33 Å². The lowest BCUT2D eigenvalue weighted by molar-refractivity contribution is -0.115. The summed E-state index contributed by atoms with van der Waals surface area (Å²) in [7, 11) is 1.93. The van der Waals surface area contributed by atoms with E-state index in [0.717, 1.165) is 27.1 Å². The lowest BCUT2D eigenvalue weighted by Gasteiger charge is -2.02. The predicted molar refractivity (Wildman–Crippen MR) is 68.7 cm³/mol. The minimum Gasteiger partial charge on any atom is -0.328 e. The molecule has 0 aliphatic carbocycles. The van der Waals surface area contributed by atoms with Gasteiger partial charge >= 0.3 is 0 Å². The van der Waals surface area contributed by atoms with Gasteiger partial charge in [0.1, 0.15) is 10.3 Å². The third-order valence-corrected chi connectivity index (χ3v) is 3.80. The maximum absolute atomic E-state index is 11.3. The Morgan fingerprint density at radius 1 is 1.47 bits per heavy atom. The molecule has 1 amide bonds. The summed E-state index contributed by atoms with van der Waals surface area (Å²) in [5, 5.41) is 2.82. The molecule has 2 heterocycles. The molecule has 1 N–H and O–H groups in total. The molecule has 0 atom stereocenters. The largest absolute Gasteiger partial charge is 0.328 e. The smallest absolute Gasteiger partial charge is 0.228 e. The Morgan fingerprint density at radius 3 is 3.00 bits per heavy atom. The molecule has 1 aromatic carbocycles. The van der Waals surface area contributed by atoms with Gasteiger partial charge in [-0.3, -0.25) is 4.79 Å². The van der Waals surface area contributed by atoms with Crippen molar-refractivity contribution < 1.29 is 4.79 Å². The monoisotopic (exact) mass is 291 g/mol. The molecular formula is C12H10BrN3O. The van der Waals surface area contributed by atoms with Crippen LogP contribution in [0, 0.1) is 0 Å². The zero-order chi connectivity index (χ0) is 12.0. The van der Waals surface area contributed by atoms with Crippen molar-refractivity contribution in [2.45, 2.75) is 6.42 Å². The highest BCUT2D eigenvalue weighted by Gasteiger charge is 2.19. The fourth-order valence-corrected chi connectivity index (χ4v) is 2.41. The van der Waals surface area contributed by atoms with Crippen LogP contribution in [0.3, 0.4) is 0 Å². The van der Waals surface area contributed by atoms with Crippen molar-refractivity contribution in [3.05, 3.63) is 34.7 Å². The normalized spacial score (nSPS) is 13.6. The number of aryl methyl sites for hydroxylation is 1. The lowest BCUT2D eigenvalue weighted by atomic mass is 10.1. The molecule has 4 nitrogen and oxygen atoms in total. The van der Waals surface area contributed by atoms with E-state index in [2.05, 4.69) is 26.2 Å². The SMILES string of the molecule is Cn1cnc(-c2ccc3c(c2)CC(=O)N3)c1Br. The number of hydrogen-bond donors (Lipinski definition) is 1. The van der Waals surface area contributed by atoms with Gasteiger partial charge in [0, 0.05) is 18.3 Å². The van der Waals surface area contributed by atoms with Crippen molar-refractivity contribution in [3.63, 3.8) is 0 Å². The highest BCUT2D eigenvalue weighted by molar-refractivity contribution is 9.10. The number of rotatable bonds is 1.